The molecular formula is C25H35N3O5. The molecule has 0 aliphatic carbocycles. The fraction of sp³-hybridized carbons (Fsp3) is 0.640. The summed E-state index contributed by atoms with van der Waals surface area (Å²) in [4.78, 5) is 41.9. The second-order valence-electron chi connectivity index (χ2n) is 9.39. The van der Waals surface area contributed by atoms with Gasteiger partial charge < -0.3 is 25.4 Å². The van der Waals surface area contributed by atoms with Gasteiger partial charge in [0.25, 0.3) is 0 Å². The third-order valence-corrected chi connectivity index (χ3v) is 7.50. The van der Waals surface area contributed by atoms with Gasteiger partial charge in [-0.1, -0.05) is 50.6 Å². The molecule has 33 heavy (non-hydrogen) atoms. The number of carbonyl (C=O) groups excluding carboxylic acids is 3. The van der Waals surface area contributed by atoms with Crippen LogP contribution in [0.15, 0.2) is 30.3 Å². The van der Waals surface area contributed by atoms with Crippen LogP contribution in [-0.4, -0.2) is 64.7 Å². The van der Waals surface area contributed by atoms with E-state index in [0.29, 0.717) is 32.4 Å². The third kappa shape index (κ3) is 4.04. The first-order valence-electron chi connectivity index (χ1n) is 12.2. The van der Waals surface area contributed by atoms with Crippen LogP contribution in [0.4, 0.5) is 0 Å². The van der Waals surface area contributed by atoms with Crippen LogP contribution >= 0.6 is 0 Å². The molecule has 3 heterocycles. The van der Waals surface area contributed by atoms with Crippen molar-refractivity contribution in [3.63, 3.8) is 0 Å². The van der Waals surface area contributed by atoms with Gasteiger partial charge in [-0.3, -0.25) is 14.4 Å². The molecule has 180 valence electrons. The van der Waals surface area contributed by atoms with Gasteiger partial charge in [0.15, 0.2) is 0 Å². The van der Waals surface area contributed by atoms with Crippen LogP contribution < -0.4 is 10.6 Å². The smallest absolute Gasteiger partial charge is 0.245 e. The number of likely N-dealkylation sites (tertiary alicyclic amines) is 1. The predicted octanol–water partition coefficient (Wildman–Crippen LogP) is 1.36. The summed E-state index contributed by atoms with van der Waals surface area (Å²) in [5, 5.41) is 15.9. The molecule has 3 aliphatic rings. The van der Waals surface area contributed by atoms with E-state index in [2.05, 4.69) is 10.6 Å². The number of benzene rings is 1. The lowest BCUT2D eigenvalue weighted by atomic mass is 9.70. The van der Waals surface area contributed by atoms with E-state index in [4.69, 9.17) is 4.74 Å². The summed E-state index contributed by atoms with van der Waals surface area (Å²) in [6.45, 7) is 4.59. The van der Waals surface area contributed by atoms with Crippen LogP contribution in [-0.2, 0) is 25.7 Å². The van der Waals surface area contributed by atoms with Crippen LogP contribution in [0.2, 0.25) is 0 Å². The molecule has 0 radical (unpaired) electrons. The number of nitrogens with one attached hydrogen (secondary N) is 2. The normalized spacial score (nSPS) is 30.9. The highest BCUT2D eigenvalue weighted by atomic mass is 16.5. The number of aliphatic hydroxyl groups excluding tert-OH is 1. The molecule has 3 aliphatic heterocycles. The minimum atomic E-state index is -1.02. The van der Waals surface area contributed by atoms with Crippen molar-refractivity contribution in [2.75, 3.05) is 13.2 Å². The van der Waals surface area contributed by atoms with Gasteiger partial charge in [0.05, 0.1) is 30.6 Å². The topological polar surface area (TPSA) is 108 Å². The zero-order valence-electron chi connectivity index (χ0n) is 19.5. The molecule has 2 unspecified atom stereocenters. The van der Waals surface area contributed by atoms with Crippen molar-refractivity contribution in [1.29, 1.82) is 0 Å². The molecule has 3 fully saturated rings. The fourth-order valence-electron chi connectivity index (χ4n) is 5.89. The summed E-state index contributed by atoms with van der Waals surface area (Å²) >= 11 is 0. The van der Waals surface area contributed by atoms with E-state index >= 15 is 0 Å². The Labute approximate surface area is 195 Å². The number of hydrogen-bond acceptors (Lipinski definition) is 5. The third-order valence-electron chi connectivity index (χ3n) is 7.50. The number of nitrogens with zero attached hydrogens (tertiary/aromatic N) is 1. The van der Waals surface area contributed by atoms with Crippen LogP contribution in [0.3, 0.4) is 0 Å². The van der Waals surface area contributed by atoms with Crippen molar-refractivity contribution in [3.05, 3.63) is 35.9 Å². The molecule has 3 saturated heterocycles. The Bertz CT molecular complexity index is 874. The molecule has 1 aromatic carbocycles. The van der Waals surface area contributed by atoms with Gasteiger partial charge in [-0.25, -0.2) is 0 Å². The molecule has 4 rings (SSSR count). The zero-order chi connectivity index (χ0) is 23.6. The number of rotatable bonds is 10. The summed E-state index contributed by atoms with van der Waals surface area (Å²) in [6.07, 6.45) is 3.11. The van der Waals surface area contributed by atoms with Gasteiger partial charge in [-0.2, -0.15) is 0 Å². The molecule has 8 nitrogen and oxygen atoms in total. The monoisotopic (exact) mass is 457 g/mol. The van der Waals surface area contributed by atoms with Gasteiger partial charge in [0.2, 0.25) is 17.7 Å². The van der Waals surface area contributed by atoms with Crippen molar-refractivity contribution in [1.82, 2.24) is 15.5 Å². The lowest BCUT2D eigenvalue weighted by Crippen LogP contribution is -2.58. The SMILES string of the molecule is CCCCNC(=O)C1N([C@@H](CC)CO)C(=O)[C@@H]2[C@H](C(=O)NCc3ccccc3)[C@@H]3CCC12O3. The van der Waals surface area contributed by atoms with Crippen molar-refractivity contribution in [3.8, 4) is 0 Å². The van der Waals surface area contributed by atoms with E-state index in [1.165, 1.54) is 4.90 Å². The first kappa shape index (κ1) is 23.7. The molecule has 8 heteroatoms. The minimum Gasteiger partial charge on any atom is -0.394 e. The van der Waals surface area contributed by atoms with Crippen molar-refractivity contribution in [2.24, 2.45) is 11.8 Å². The van der Waals surface area contributed by atoms with Gasteiger partial charge in [-0.05, 0) is 31.2 Å². The molecule has 3 amide bonds. The van der Waals surface area contributed by atoms with Crippen LogP contribution in [0.1, 0.15) is 51.5 Å². The van der Waals surface area contributed by atoms with Crippen molar-refractivity contribution >= 4 is 17.7 Å². The number of hydrogen-bond donors (Lipinski definition) is 3. The largest absolute Gasteiger partial charge is 0.394 e. The predicted molar refractivity (Wildman–Crippen MR) is 122 cm³/mol. The number of unbranched alkanes of at least 4 members (excludes halogenated alkanes) is 1. The molecule has 1 aromatic rings. The molecular weight excluding hydrogens is 422 g/mol. The number of carbonyl (C=O) groups is 3. The summed E-state index contributed by atoms with van der Waals surface area (Å²) in [5.74, 6) is -2.07. The van der Waals surface area contributed by atoms with Gasteiger partial charge in [-0.15, -0.1) is 0 Å². The number of ether oxygens (including phenoxy) is 1. The highest BCUT2D eigenvalue weighted by Gasteiger charge is 2.74. The van der Waals surface area contributed by atoms with E-state index in [0.717, 1.165) is 18.4 Å². The summed E-state index contributed by atoms with van der Waals surface area (Å²) in [7, 11) is 0. The fourth-order valence-corrected chi connectivity index (χ4v) is 5.89. The summed E-state index contributed by atoms with van der Waals surface area (Å²) < 4.78 is 6.38. The Balaban J connectivity index is 1.60. The van der Waals surface area contributed by atoms with E-state index < -0.39 is 29.5 Å². The highest BCUT2D eigenvalue weighted by Crippen LogP contribution is 2.58. The zero-order valence-corrected chi connectivity index (χ0v) is 19.5. The molecule has 2 bridgehead atoms. The summed E-state index contributed by atoms with van der Waals surface area (Å²) in [5.41, 5.74) is -0.0430. The molecule has 6 atom stereocenters. The number of fused-ring (bicyclic) bond motifs is 1. The Morgan fingerprint density at radius 2 is 1.97 bits per heavy atom. The molecule has 3 N–H and O–H groups in total. The molecule has 0 aromatic heterocycles. The first-order chi connectivity index (χ1) is 16.0. The Hall–Kier alpha value is -2.45. The standard InChI is InChI=1S/C25H35N3O5/c1-3-5-13-26-23(31)21-25-12-11-18(33-25)19(20(25)24(32)28(21)17(4-2)15-29)22(30)27-14-16-9-7-6-8-10-16/h6-10,17-21,29H,3-5,11-15H2,1-2H3,(H,26,31)(H,27,30)/t17-,18-,19+,20-,21?,25?/m0/s1. The van der Waals surface area contributed by atoms with E-state index in [1.807, 2.05) is 44.2 Å². The van der Waals surface area contributed by atoms with E-state index in [1.54, 1.807) is 0 Å². The van der Waals surface area contributed by atoms with E-state index in [9.17, 15) is 19.5 Å². The van der Waals surface area contributed by atoms with Crippen LogP contribution in [0.5, 0.6) is 0 Å². The number of amides is 3. The minimum absolute atomic E-state index is 0.215. The van der Waals surface area contributed by atoms with Gasteiger partial charge in [0.1, 0.15) is 11.6 Å². The average molecular weight is 458 g/mol. The maximum absolute atomic E-state index is 13.7. The Kier molecular flexibility index (Phi) is 7.05. The van der Waals surface area contributed by atoms with Crippen LogP contribution in [0.25, 0.3) is 0 Å². The molecule has 0 saturated carbocycles. The lowest BCUT2D eigenvalue weighted by molar-refractivity contribution is -0.145. The summed E-state index contributed by atoms with van der Waals surface area (Å²) in [6, 6.07) is 8.29. The maximum Gasteiger partial charge on any atom is 0.245 e. The highest BCUT2D eigenvalue weighted by molar-refractivity contribution is 5.99. The number of aliphatic hydroxyl groups is 1. The Morgan fingerprint density at radius 1 is 1.21 bits per heavy atom. The van der Waals surface area contributed by atoms with Gasteiger partial charge in [0, 0.05) is 13.1 Å². The van der Waals surface area contributed by atoms with E-state index in [-0.39, 0.29) is 30.4 Å². The van der Waals surface area contributed by atoms with Crippen molar-refractivity contribution in [2.45, 2.75) is 76.3 Å². The second kappa shape index (κ2) is 9.81. The van der Waals surface area contributed by atoms with Crippen molar-refractivity contribution < 1.29 is 24.2 Å². The Morgan fingerprint density at radius 3 is 2.64 bits per heavy atom. The lowest BCUT2D eigenvalue weighted by Gasteiger charge is -2.36. The second-order valence-corrected chi connectivity index (χ2v) is 9.39. The van der Waals surface area contributed by atoms with Crippen LogP contribution in [0, 0.1) is 11.8 Å². The molecule has 1 spiro atoms. The average Bonchev–Trinajstić information content (AvgIpc) is 3.47. The quantitative estimate of drug-likeness (QED) is 0.460. The van der Waals surface area contributed by atoms with Gasteiger partial charge >= 0.3 is 0 Å². The maximum atomic E-state index is 13.7. The first-order valence-corrected chi connectivity index (χ1v) is 12.2.